The number of halogens is 1. The highest BCUT2D eigenvalue weighted by atomic mass is 79.9. The highest BCUT2D eigenvalue weighted by Crippen LogP contribution is 2.27. The second-order valence-corrected chi connectivity index (χ2v) is 3.81. The third-order valence-electron chi connectivity index (χ3n) is 2.14. The van der Waals surface area contributed by atoms with Crippen molar-refractivity contribution in [3.8, 4) is 5.75 Å². The molecule has 84 valence electrons. The van der Waals surface area contributed by atoms with Gasteiger partial charge in [0.1, 0.15) is 11.9 Å². The van der Waals surface area contributed by atoms with Crippen LogP contribution in [0.1, 0.15) is 11.7 Å². The minimum atomic E-state index is -0.990. The Morgan fingerprint density at radius 3 is 2.60 bits per heavy atom. The molecule has 0 radical (unpaired) electrons. The van der Waals surface area contributed by atoms with Crippen molar-refractivity contribution in [2.75, 3.05) is 18.2 Å². The Kier molecular flexibility index (Phi) is 4.38. The fraction of sp³-hybridized carbons (Fsp3) is 0.400. The van der Waals surface area contributed by atoms with Crippen LogP contribution in [0.15, 0.2) is 18.2 Å². The Morgan fingerprint density at radius 2 is 2.13 bits per heavy atom. The van der Waals surface area contributed by atoms with Crippen molar-refractivity contribution in [2.45, 2.75) is 12.2 Å². The number of aliphatic hydroxyl groups is 2. The number of nitrogens with two attached hydrogens (primary N) is 1. The van der Waals surface area contributed by atoms with Crippen molar-refractivity contribution in [3.05, 3.63) is 23.8 Å². The lowest BCUT2D eigenvalue weighted by Gasteiger charge is -2.18. The summed E-state index contributed by atoms with van der Waals surface area (Å²) in [5.74, 6) is 0.622. The first-order valence-corrected chi connectivity index (χ1v) is 5.57. The number of alkyl halides is 1. The van der Waals surface area contributed by atoms with Gasteiger partial charge < -0.3 is 20.7 Å². The van der Waals surface area contributed by atoms with Crippen LogP contribution in [-0.4, -0.2) is 28.8 Å². The summed E-state index contributed by atoms with van der Waals surface area (Å²) in [5.41, 5.74) is 6.63. The first-order chi connectivity index (χ1) is 7.10. The minimum absolute atomic E-state index is 0.291. The fourth-order valence-corrected chi connectivity index (χ4v) is 1.59. The van der Waals surface area contributed by atoms with Crippen LogP contribution in [0.2, 0.25) is 0 Å². The molecule has 4 nitrogen and oxygen atoms in total. The molecule has 0 aromatic heterocycles. The number of benzene rings is 1. The van der Waals surface area contributed by atoms with Gasteiger partial charge in [-0.3, -0.25) is 0 Å². The summed E-state index contributed by atoms with van der Waals surface area (Å²) in [6, 6.07) is 4.94. The van der Waals surface area contributed by atoms with Crippen molar-refractivity contribution < 1.29 is 14.9 Å². The van der Waals surface area contributed by atoms with Gasteiger partial charge in [0.15, 0.2) is 0 Å². The molecule has 0 aliphatic carbocycles. The van der Waals surface area contributed by atoms with Crippen LogP contribution in [0.25, 0.3) is 0 Å². The topological polar surface area (TPSA) is 75.7 Å². The fourth-order valence-electron chi connectivity index (χ4n) is 1.24. The maximum absolute atomic E-state index is 9.73. The van der Waals surface area contributed by atoms with E-state index in [1.807, 2.05) is 0 Å². The molecular weight excluding hydrogens is 262 g/mol. The normalized spacial score (nSPS) is 14.7. The van der Waals surface area contributed by atoms with Crippen molar-refractivity contribution >= 4 is 21.6 Å². The van der Waals surface area contributed by atoms with Gasteiger partial charge >= 0.3 is 0 Å². The Bertz CT molecular complexity index is 332. The number of rotatable bonds is 4. The van der Waals surface area contributed by atoms with Gasteiger partial charge in [0, 0.05) is 22.6 Å². The molecule has 0 aliphatic rings. The lowest BCUT2D eigenvalue weighted by molar-refractivity contribution is 0.0347. The van der Waals surface area contributed by atoms with E-state index in [1.165, 1.54) is 7.11 Å². The molecule has 5 heteroatoms. The number of hydrogen-bond donors (Lipinski definition) is 3. The zero-order valence-electron chi connectivity index (χ0n) is 8.35. The number of anilines is 1. The Morgan fingerprint density at radius 1 is 1.47 bits per heavy atom. The SMILES string of the molecule is COc1ccc(C(O)C(O)CBr)c(N)c1. The lowest BCUT2D eigenvalue weighted by atomic mass is 10.0. The van der Waals surface area contributed by atoms with Crippen molar-refractivity contribution in [2.24, 2.45) is 0 Å². The largest absolute Gasteiger partial charge is 0.497 e. The maximum Gasteiger partial charge on any atom is 0.120 e. The first kappa shape index (κ1) is 12.3. The van der Waals surface area contributed by atoms with E-state index in [2.05, 4.69) is 15.9 Å². The van der Waals surface area contributed by atoms with Crippen LogP contribution >= 0.6 is 15.9 Å². The van der Waals surface area contributed by atoms with Gasteiger partial charge in [-0.15, -0.1) is 0 Å². The van der Waals surface area contributed by atoms with E-state index in [0.717, 1.165) is 0 Å². The summed E-state index contributed by atoms with van der Waals surface area (Å²) in [7, 11) is 1.54. The molecule has 0 fully saturated rings. The van der Waals surface area contributed by atoms with Crippen molar-refractivity contribution in [1.29, 1.82) is 0 Å². The number of ether oxygens (including phenoxy) is 1. The summed E-state index contributed by atoms with van der Waals surface area (Å²) in [6.07, 6.45) is -1.86. The highest BCUT2D eigenvalue weighted by Gasteiger charge is 2.19. The predicted molar refractivity (Wildman–Crippen MR) is 62.2 cm³/mol. The summed E-state index contributed by atoms with van der Waals surface area (Å²) < 4.78 is 4.98. The molecule has 0 heterocycles. The van der Waals surface area contributed by atoms with Gasteiger partial charge in [-0.05, 0) is 6.07 Å². The number of hydrogen-bond acceptors (Lipinski definition) is 4. The third kappa shape index (κ3) is 2.84. The number of aliphatic hydroxyl groups excluding tert-OH is 2. The van der Waals surface area contributed by atoms with Crippen LogP contribution in [-0.2, 0) is 0 Å². The molecule has 0 saturated heterocycles. The van der Waals surface area contributed by atoms with Gasteiger partial charge in [-0.1, -0.05) is 22.0 Å². The molecule has 0 spiro atoms. The van der Waals surface area contributed by atoms with Crippen LogP contribution < -0.4 is 10.5 Å². The first-order valence-electron chi connectivity index (χ1n) is 4.45. The lowest BCUT2D eigenvalue weighted by Crippen LogP contribution is -2.20. The summed E-state index contributed by atoms with van der Waals surface area (Å²) >= 11 is 3.09. The van der Waals surface area contributed by atoms with Gasteiger partial charge in [-0.2, -0.15) is 0 Å². The number of methoxy groups -OCH3 is 1. The molecule has 15 heavy (non-hydrogen) atoms. The molecule has 1 aromatic rings. The second-order valence-electron chi connectivity index (χ2n) is 3.16. The van der Waals surface area contributed by atoms with Crippen LogP contribution in [0.4, 0.5) is 5.69 Å². The molecular formula is C10H14BrNO3. The van der Waals surface area contributed by atoms with Crippen LogP contribution in [0.3, 0.4) is 0 Å². The van der Waals surface area contributed by atoms with E-state index >= 15 is 0 Å². The van der Waals surface area contributed by atoms with Crippen molar-refractivity contribution in [3.63, 3.8) is 0 Å². The average molecular weight is 276 g/mol. The third-order valence-corrected chi connectivity index (χ3v) is 2.80. The average Bonchev–Trinajstić information content (AvgIpc) is 2.26. The van der Waals surface area contributed by atoms with E-state index in [4.69, 9.17) is 10.5 Å². The second kappa shape index (κ2) is 5.34. The van der Waals surface area contributed by atoms with E-state index in [1.54, 1.807) is 18.2 Å². The van der Waals surface area contributed by atoms with Gasteiger partial charge in [-0.25, -0.2) is 0 Å². The summed E-state index contributed by atoms with van der Waals surface area (Å²) in [6.45, 7) is 0. The molecule has 0 aliphatic heterocycles. The zero-order chi connectivity index (χ0) is 11.4. The molecule has 1 aromatic carbocycles. The molecule has 1 rings (SSSR count). The minimum Gasteiger partial charge on any atom is -0.497 e. The highest BCUT2D eigenvalue weighted by molar-refractivity contribution is 9.09. The smallest absolute Gasteiger partial charge is 0.120 e. The predicted octanol–water partition coefficient (Wildman–Crippen LogP) is 1.07. The summed E-state index contributed by atoms with van der Waals surface area (Å²) in [4.78, 5) is 0. The maximum atomic E-state index is 9.73. The van der Waals surface area contributed by atoms with E-state index < -0.39 is 12.2 Å². The van der Waals surface area contributed by atoms with E-state index in [9.17, 15) is 10.2 Å². The molecule has 4 N–H and O–H groups in total. The van der Waals surface area contributed by atoms with Gasteiger partial charge in [0.25, 0.3) is 0 Å². The van der Waals surface area contributed by atoms with E-state index in [0.29, 0.717) is 22.3 Å². The quantitative estimate of drug-likeness (QED) is 0.568. The summed E-state index contributed by atoms with van der Waals surface area (Å²) in [5, 5.41) is 19.5. The molecule has 0 amide bonds. The molecule has 2 atom stereocenters. The molecule has 0 bridgehead atoms. The standard InChI is InChI=1S/C10H14BrNO3/c1-15-6-2-3-7(8(12)4-6)10(14)9(13)5-11/h2-4,9-10,13-14H,5,12H2,1H3. The van der Waals surface area contributed by atoms with Gasteiger partial charge in [0.05, 0.1) is 13.2 Å². The molecule has 0 saturated carbocycles. The Hall–Kier alpha value is -0.780. The number of nitrogen functional groups attached to an aromatic ring is 1. The zero-order valence-corrected chi connectivity index (χ0v) is 9.94. The Balaban J connectivity index is 2.95. The molecule has 2 unspecified atom stereocenters. The van der Waals surface area contributed by atoms with Crippen LogP contribution in [0.5, 0.6) is 5.75 Å². The monoisotopic (exact) mass is 275 g/mol. The van der Waals surface area contributed by atoms with Crippen LogP contribution in [0, 0.1) is 0 Å². The van der Waals surface area contributed by atoms with Crippen molar-refractivity contribution in [1.82, 2.24) is 0 Å². The van der Waals surface area contributed by atoms with E-state index in [-0.39, 0.29) is 0 Å². The Labute approximate surface area is 96.8 Å². The van der Waals surface area contributed by atoms with Gasteiger partial charge in [0.2, 0.25) is 0 Å².